The van der Waals surface area contributed by atoms with Gasteiger partial charge in [0.2, 0.25) is 11.8 Å². The van der Waals surface area contributed by atoms with E-state index < -0.39 is 5.92 Å². The van der Waals surface area contributed by atoms with E-state index in [4.69, 9.17) is 23.2 Å². The molecule has 2 amide bonds. The minimum atomic E-state index is -0.595. The number of amides is 2. The Morgan fingerprint density at radius 1 is 1.15 bits per heavy atom. The molecule has 0 aliphatic carbocycles. The van der Waals surface area contributed by atoms with Crippen molar-refractivity contribution in [2.75, 3.05) is 18.5 Å². The SMILES string of the molecule is CN(C(=O)C1CCN(c2ccc(Cl)c(Cl)c2)C1=O)C1CC2CCC(C1)N2. The molecule has 3 atom stereocenters. The largest absolute Gasteiger partial charge is 0.342 e. The Balaban J connectivity index is 1.45. The minimum Gasteiger partial charge on any atom is -0.342 e. The number of nitrogens with zero attached hydrogens (tertiary/aromatic N) is 2. The maximum Gasteiger partial charge on any atom is 0.239 e. The highest BCUT2D eigenvalue weighted by atomic mass is 35.5. The number of carbonyl (C=O) groups excluding carboxylic acids is 2. The number of halogens is 2. The van der Waals surface area contributed by atoms with Crippen LogP contribution in [-0.2, 0) is 9.59 Å². The Bertz CT molecular complexity index is 729. The van der Waals surface area contributed by atoms with Crippen LogP contribution >= 0.6 is 23.2 Å². The molecule has 0 saturated carbocycles. The summed E-state index contributed by atoms with van der Waals surface area (Å²) in [6, 6.07) is 6.39. The van der Waals surface area contributed by atoms with E-state index in [1.54, 1.807) is 23.1 Å². The quantitative estimate of drug-likeness (QED) is 0.799. The normalized spacial score (nSPS) is 30.7. The van der Waals surface area contributed by atoms with Crippen LogP contribution < -0.4 is 10.2 Å². The summed E-state index contributed by atoms with van der Waals surface area (Å²) in [4.78, 5) is 29.3. The van der Waals surface area contributed by atoms with E-state index >= 15 is 0 Å². The third kappa shape index (κ3) is 3.21. The molecule has 3 aliphatic rings. The zero-order valence-corrected chi connectivity index (χ0v) is 16.3. The van der Waals surface area contributed by atoms with Crippen molar-refractivity contribution in [1.29, 1.82) is 0 Å². The van der Waals surface area contributed by atoms with Crippen molar-refractivity contribution in [3.8, 4) is 0 Å². The first-order chi connectivity index (χ1) is 12.4. The molecular formula is C19H23Cl2N3O2. The van der Waals surface area contributed by atoms with Gasteiger partial charge in [0.25, 0.3) is 0 Å². The average molecular weight is 396 g/mol. The highest BCUT2D eigenvalue weighted by Crippen LogP contribution is 2.33. The molecule has 0 aromatic heterocycles. The van der Waals surface area contributed by atoms with Gasteiger partial charge in [-0.1, -0.05) is 23.2 Å². The molecule has 7 heteroatoms. The highest BCUT2D eigenvalue weighted by molar-refractivity contribution is 6.42. The fraction of sp³-hybridized carbons (Fsp3) is 0.579. The van der Waals surface area contributed by atoms with Crippen LogP contribution in [0.3, 0.4) is 0 Å². The first-order valence-corrected chi connectivity index (χ1v) is 9.99. The van der Waals surface area contributed by atoms with E-state index in [-0.39, 0.29) is 17.9 Å². The Morgan fingerprint density at radius 2 is 1.85 bits per heavy atom. The summed E-state index contributed by atoms with van der Waals surface area (Å²) in [6.45, 7) is 0.526. The lowest BCUT2D eigenvalue weighted by Crippen LogP contribution is -2.50. The molecule has 5 nitrogen and oxygen atoms in total. The number of piperidine rings is 1. The van der Waals surface area contributed by atoms with Gasteiger partial charge in [-0.05, 0) is 50.3 Å². The van der Waals surface area contributed by atoms with Crippen LogP contribution in [-0.4, -0.2) is 48.4 Å². The van der Waals surface area contributed by atoms with Crippen LogP contribution in [0.1, 0.15) is 32.1 Å². The summed E-state index contributed by atoms with van der Waals surface area (Å²) >= 11 is 12.0. The maximum atomic E-state index is 13.0. The lowest BCUT2D eigenvalue weighted by molar-refractivity contribution is -0.141. The highest BCUT2D eigenvalue weighted by Gasteiger charge is 2.42. The maximum absolute atomic E-state index is 13.0. The van der Waals surface area contributed by atoms with E-state index in [0.717, 1.165) is 12.8 Å². The minimum absolute atomic E-state index is 0.0520. The number of hydrogen-bond donors (Lipinski definition) is 1. The molecule has 3 fully saturated rings. The number of nitrogens with one attached hydrogen (secondary N) is 1. The Morgan fingerprint density at radius 3 is 2.50 bits per heavy atom. The molecule has 0 spiro atoms. The number of carbonyl (C=O) groups is 2. The number of fused-ring (bicyclic) bond motifs is 2. The van der Waals surface area contributed by atoms with Crippen LogP contribution in [0, 0.1) is 5.92 Å². The number of benzene rings is 1. The summed E-state index contributed by atoms with van der Waals surface area (Å²) in [5.41, 5.74) is 0.697. The van der Waals surface area contributed by atoms with Gasteiger partial charge in [0, 0.05) is 37.4 Å². The van der Waals surface area contributed by atoms with E-state index in [0.29, 0.717) is 40.8 Å². The van der Waals surface area contributed by atoms with Gasteiger partial charge in [-0.15, -0.1) is 0 Å². The molecule has 3 heterocycles. The molecule has 4 rings (SSSR count). The van der Waals surface area contributed by atoms with Gasteiger partial charge in [-0.25, -0.2) is 0 Å². The van der Waals surface area contributed by atoms with Crippen molar-refractivity contribution < 1.29 is 9.59 Å². The first-order valence-electron chi connectivity index (χ1n) is 9.23. The molecule has 26 heavy (non-hydrogen) atoms. The smallest absolute Gasteiger partial charge is 0.239 e. The van der Waals surface area contributed by atoms with Gasteiger partial charge >= 0.3 is 0 Å². The molecule has 3 unspecified atom stereocenters. The molecule has 1 N–H and O–H groups in total. The number of hydrogen-bond acceptors (Lipinski definition) is 3. The third-order valence-electron chi connectivity index (χ3n) is 6.06. The zero-order chi connectivity index (χ0) is 18.4. The molecular weight excluding hydrogens is 373 g/mol. The van der Waals surface area contributed by atoms with Crippen LogP contribution in [0.5, 0.6) is 0 Å². The van der Waals surface area contributed by atoms with E-state index in [1.807, 2.05) is 11.9 Å². The summed E-state index contributed by atoms with van der Waals surface area (Å²) in [6.07, 6.45) is 4.89. The lowest BCUT2D eigenvalue weighted by atomic mass is 9.96. The standard InChI is InChI=1S/C19H23Cl2N3O2/c1-23(14-8-11-2-3-12(9-14)22-11)18(25)15-6-7-24(19(15)26)13-4-5-16(20)17(21)10-13/h4-5,10-12,14-15,22H,2-3,6-9H2,1H3. The van der Waals surface area contributed by atoms with Crippen molar-refractivity contribution in [3.63, 3.8) is 0 Å². The van der Waals surface area contributed by atoms with Crippen molar-refractivity contribution in [3.05, 3.63) is 28.2 Å². The molecule has 1 aromatic carbocycles. The van der Waals surface area contributed by atoms with Crippen molar-refractivity contribution in [2.45, 2.75) is 50.2 Å². The molecule has 3 aliphatic heterocycles. The van der Waals surface area contributed by atoms with Gasteiger partial charge < -0.3 is 15.1 Å². The second kappa shape index (κ2) is 7.02. The Labute approximate surface area is 163 Å². The molecule has 1 aromatic rings. The topological polar surface area (TPSA) is 52.7 Å². The van der Waals surface area contributed by atoms with Gasteiger partial charge in [-0.2, -0.15) is 0 Å². The van der Waals surface area contributed by atoms with Crippen LogP contribution in [0.2, 0.25) is 10.0 Å². The van der Waals surface area contributed by atoms with E-state index in [2.05, 4.69) is 5.32 Å². The summed E-state index contributed by atoms with van der Waals surface area (Å²) in [7, 11) is 1.85. The van der Waals surface area contributed by atoms with Gasteiger partial charge in [0.05, 0.1) is 10.0 Å². The van der Waals surface area contributed by atoms with Crippen LogP contribution in [0.25, 0.3) is 0 Å². The second-order valence-corrected chi connectivity index (χ2v) is 8.46. The Kier molecular flexibility index (Phi) is 4.88. The van der Waals surface area contributed by atoms with E-state index in [9.17, 15) is 9.59 Å². The average Bonchev–Trinajstić information content (AvgIpc) is 3.18. The van der Waals surface area contributed by atoms with Crippen molar-refractivity contribution >= 4 is 40.7 Å². The predicted molar refractivity (Wildman–Crippen MR) is 103 cm³/mol. The fourth-order valence-corrected chi connectivity index (χ4v) is 4.88. The van der Waals surface area contributed by atoms with Gasteiger partial charge in [0.15, 0.2) is 0 Å². The van der Waals surface area contributed by atoms with Crippen LogP contribution in [0.15, 0.2) is 18.2 Å². The second-order valence-electron chi connectivity index (χ2n) is 7.64. The predicted octanol–water partition coefficient (Wildman–Crippen LogP) is 3.09. The van der Waals surface area contributed by atoms with Crippen LogP contribution in [0.4, 0.5) is 5.69 Å². The van der Waals surface area contributed by atoms with Gasteiger partial charge in [0.1, 0.15) is 5.92 Å². The van der Waals surface area contributed by atoms with Crippen molar-refractivity contribution in [1.82, 2.24) is 10.2 Å². The molecule has 2 bridgehead atoms. The number of rotatable bonds is 3. The summed E-state index contributed by atoms with van der Waals surface area (Å²) in [5, 5.41) is 4.46. The van der Waals surface area contributed by atoms with Crippen molar-refractivity contribution in [2.24, 2.45) is 5.92 Å². The summed E-state index contributed by atoms with van der Waals surface area (Å²) < 4.78 is 0. The van der Waals surface area contributed by atoms with Gasteiger partial charge in [-0.3, -0.25) is 9.59 Å². The third-order valence-corrected chi connectivity index (χ3v) is 6.80. The number of anilines is 1. The summed E-state index contributed by atoms with van der Waals surface area (Å²) in [5.74, 6) is -0.789. The Hall–Kier alpha value is -1.30. The lowest BCUT2D eigenvalue weighted by Gasteiger charge is -2.36. The van der Waals surface area contributed by atoms with E-state index in [1.165, 1.54) is 12.8 Å². The first kappa shape index (κ1) is 18.1. The molecule has 3 saturated heterocycles. The zero-order valence-electron chi connectivity index (χ0n) is 14.8. The monoisotopic (exact) mass is 395 g/mol. The fourth-order valence-electron chi connectivity index (χ4n) is 4.59. The molecule has 140 valence electrons. The molecule has 0 radical (unpaired) electrons.